The number of aromatic amines is 1. The minimum Gasteiger partial charge on any atom is -0.307 e. The molecule has 1 aromatic heterocycles. The number of nitrogens with one attached hydrogen (secondary N) is 2. The van der Waals surface area contributed by atoms with Crippen LogP contribution in [0.2, 0.25) is 0 Å². The molecular formula is C13H24N4. The van der Waals surface area contributed by atoms with E-state index in [-0.39, 0.29) is 0 Å². The van der Waals surface area contributed by atoms with Gasteiger partial charge in [-0.25, -0.2) is 0 Å². The van der Waals surface area contributed by atoms with Crippen LogP contribution in [0.5, 0.6) is 0 Å². The molecule has 0 spiro atoms. The van der Waals surface area contributed by atoms with E-state index in [0.29, 0.717) is 12.1 Å². The molecule has 1 aliphatic rings. The van der Waals surface area contributed by atoms with Crippen LogP contribution in [0.25, 0.3) is 0 Å². The third-order valence-electron chi connectivity index (χ3n) is 4.00. The third kappa shape index (κ3) is 3.30. The summed E-state index contributed by atoms with van der Waals surface area (Å²) in [6.45, 7) is 6.98. The van der Waals surface area contributed by atoms with Crippen molar-refractivity contribution in [3.8, 4) is 0 Å². The van der Waals surface area contributed by atoms with Crippen molar-refractivity contribution in [3.05, 3.63) is 18.0 Å². The number of piperidine rings is 1. The van der Waals surface area contributed by atoms with Gasteiger partial charge in [0.1, 0.15) is 0 Å². The summed E-state index contributed by atoms with van der Waals surface area (Å²) in [5.74, 6) is 0.806. The lowest BCUT2D eigenvalue weighted by atomic mass is 9.90. The molecule has 1 fully saturated rings. The molecular weight excluding hydrogens is 212 g/mol. The number of H-pyrrole nitrogens is 1. The van der Waals surface area contributed by atoms with Crippen LogP contribution in [0.3, 0.4) is 0 Å². The summed E-state index contributed by atoms with van der Waals surface area (Å²) < 4.78 is 0. The fourth-order valence-corrected chi connectivity index (χ4v) is 2.65. The van der Waals surface area contributed by atoms with Gasteiger partial charge in [-0.1, -0.05) is 0 Å². The fourth-order valence-electron chi connectivity index (χ4n) is 2.65. The molecule has 0 amide bonds. The van der Waals surface area contributed by atoms with E-state index in [0.717, 1.165) is 5.92 Å². The summed E-state index contributed by atoms with van der Waals surface area (Å²) in [5, 5.41) is 10.6. The van der Waals surface area contributed by atoms with Crippen LogP contribution in [0.1, 0.15) is 38.3 Å². The topological polar surface area (TPSA) is 44.0 Å². The van der Waals surface area contributed by atoms with E-state index in [2.05, 4.69) is 41.3 Å². The molecule has 0 aromatic carbocycles. The van der Waals surface area contributed by atoms with E-state index >= 15 is 0 Å². The summed E-state index contributed by atoms with van der Waals surface area (Å²) in [6.07, 6.45) is 6.49. The Morgan fingerprint density at radius 1 is 1.41 bits per heavy atom. The molecule has 0 radical (unpaired) electrons. The van der Waals surface area contributed by atoms with Gasteiger partial charge >= 0.3 is 0 Å². The normalized spacial score (nSPS) is 22.5. The van der Waals surface area contributed by atoms with E-state index in [4.69, 9.17) is 0 Å². The van der Waals surface area contributed by atoms with Crippen LogP contribution >= 0.6 is 0 Å². The van der Waals surface area contributed by atoms with Crippen molar-refractivity contribution in [2.24, 2.45) is 5.92 Å². The zero-order chi connectivity index (χ0) is 12.3. The quantitative estimate of drug-likeness (QED) is 0.837. The lowest BCUT2D eigenvalue weighted by Gasteiger charge is -2.34. The van der Waals surface area contributed by atoms with Crippen molar-refractivity contribution in [3.63, 3.8) is 0 Å². The Kier molecular flexibility index (Phi) is 4.18. The van der Waals surface area contributed by atoms with Crippen LogP contribution in [-0.4, -0.2) is 41.3 Å². The minimum atomic E-state index is 0.378. The minimum absolute atomic E-state index is 0.378. The molecule has 1 aliphatic heterocycles. The van der Waals surface area contributed by atoms with Gasteiger partial charge in [0, 0.05) is 23.8 Å². The zero-order valence-corrected chi connectivity index (χ0v) is 11.1. The Balaban J connectivity index is 1.82. The molecule has 4 heteroatoms. The van der Waals surface area contributed by atoms with Crippen LogP contribution in [-0.2, 0) is 0 Å². The first kappa shape index (κ1) is 12.6. The maximum atomic E-state index is 4.00. The van der Waals surface area contributed by atoms with E-state index in [1.807, 2.05) is 12.4 Å². The lowest BCUT2D eigenvalue weighted by Crippen LogP contribution is -2.41. The van der Waals surface area contributed by atoms with Crippen LogP contribution in [0, 0.1) is 5.92 Å². The van der Waals surface area contributed by atoms with Crippen molar-refractivity contribution in [1.82, 2.24) is 20.4 Å². The molecule has 4 nitrogen and oxygen atoms in total. The number of hydrogen-bond donors (Lipinski definition) is 2. The molecule has 1 saturated heterocycles. The second-order valence-electron chi connectivity index (χ2n) is 5.35. The van der Waals surface area contributed by atoms with Crippen molar-refractivity contribution < 1.29 is 0 Å². The Morgan fingerprint density at radius 2 is 2.12 bits per heavy atom. The Bertz CT molecular complexity index is 314. The number of nitrogens with zero attached hydrogens (tertiary/aromatic N) is 2. The number of hydrogen-bond acceptors (Lipinski definition) is 3. The lowest BCUT2D eigenvalue weighted by molar-refractivity contribution is 0.185. The monoisotopic (exact) mass is 236 g/mol. The predicted molar refractivity (Wildman–Crippen MR) is 69.8 cm³/mol. The third-order valence-corrected chi connectivity index (χ3v) is 4.00. The number of likely N-dealkylation sites (tertiary alicyclic amines) is 1. The summed E-state index contributed by atoms with van der Waals surface area (Å²) in [6, 6.07) is 0.956. The van der Waals surface area contributed by atoms with E-state index < -0.39 is 0 Å². The largest absolute Gasteiger partial charge is 0.307 e. The SMILES string of the molecule is CC(NC(C)C1CCN(C)CC1)c1cn[nH]c1. The maximum Gasteiger partial charge on any atom is 0.0534 e. The van der Waals surface area contributed by atoms with E-state index in [9.17, 15) is 0 Å². The maximum absolute atomic E-state index is 4.00. The zero-order valence-electron chi connectivity index (χ0n) is 11.1. The van der Waals surface area contributed by atoms with E-state index in [1.54, 1.807) is 0 Å². The van der Waals surface area contributed by atoms with Gasteiger partial charge in [0.2, 0.25) is 0 Å². The van der Waals surface area contributed by atoms with Gasteiger partial charge in [-0.15, -0.1) is 0 Å². The van der Waals surface area contributed by atoms with Gasteiger partial charge in [-0.05, 0) is 52.7 Å². The molecule has 96 valence electrons. The smallest absolute Gasteiger partial charge is 0.0534 e. The van der Waals surface area contributed by atoms with Gasteiger partial charge in [0.25, 0.3) is 0 Å². The Hall–Kier alpha value is -0.870. The molecule has 17 heavy (non-hydrogen) atoms. The van der Waals surface area contributed by atoms with Crippen LogP contribution < -0.4 is 5.32 Å². The summed E-state index contributed by atoms with van der Waals surface area (Å²) in [5.41, 5.74) is 1.24. The molecule has 0 bridgehead atoms. The Morgan fingerprint density at radius 3 is 2.71 bits per heavy atom. The molecule has 0 saturated carbocycles. The molecule has 1 aromatic rings. The van der Waals surface area contributed by atoms with Crippen molar-refractivity contribution in [2.45, 2.75) is 38.8 Å². The molecule has 2 rings (SSSR count). The van der Waals surface area contributed by atoms with Crippen molar-refractivity contribution in [2.75, 3.05) is 20.1 Å². The highest BCUT2D eigenvalue weighted by atomic mass is 15.1. The van der Waals surface area contributed by atoms with Gasteiger partial charge < -0.3 is 10.2 Å². The predicted octanol–water partition coefficient (Wildman–Crippen LogP) is 1.79. The standard InChI is InChI=1S/C13H24N4/c1-10(12-4-6-17(3)7-5-12)16-11(2)13-8-14-15-9-13/h8-12,16H,4-7H2,1-3H3,(H,14,15). The number of aromatic nitrogens is 2. The average Bonchev–Trinajstić information content (AvgIpc) is 2.83. The fraction of sp³-hybridized carbons (Fsp3) is 0.769. The molecule has 2 N–H and O–H groups in total. The highest BCUT2D eigenvalue weighted by molar-refractivity contribution is 5.08. The van der Waals surface area contributed by atoms with E-state index in [1.165, 1.54) is 31.5 Å². The first-order valence-corrected chi connectivity index (χ1v) is 6.60. The first-order chi connectivity index (χ1) is 8.16. The van der Waals surface area contributed by atoms with Gasteiger partial charge in [-0.3, -0.25) is 5.10 Å². The second kappa shape index (κ2) is 5.65. The average molecular weight is 236 g/mol. The van der Waals surface area contributed by atoms with Crippen molar-refractivity contribution >= 4 is 0 Å². The summed E-state index contributed by atoms with van der Waals surface area (Å²) in [4.78, 5) is 2.42. The Labute approximate surface area is 104 Å². The molecule has 2 heterocycles. The van der Waals surface area contributed by atoms with Crippen molar-refractivity contribution in [1.29, 1.82) is 0 Å². The van der Waals surface area contributed by atoms with Crippen LogP contribution in [0.4, 0.5) is 0 Å². The summed E-state index contributed by atoms with van der Waals surface area (Å²) >= 11 is 0. The molecule has 0 aliphatic carbocycles. The second-order valence-corrected chi connectivity index (χ2v) is 5.35. The van der Waals surface area contributed by atoms with Gasteiger partial charge in [0.05, 0.1) is 6.20 Å². The van der Waals surface area contributed by atoms with Gasteiger partial charge in [0.15, 0.2) is 0 Å². The highest BCUT2D eigenvalue weighted by Crippen LogP contribution is 2.22. The first-order valence-electron chi connectivity index (χ1n) is 6.60. The van der Waals surface area contributed by atoms with Crippen LogP contribution in [0.15, 0.2) is 12.4 Å². The highest BCUT2D eigenvalue weighted by Gasteiger charge is 2.23. The summed E-state index contributed by atoms with van der Waals surface area (Å²) in [7, 11) is 2.21. The molecule has 2 unspecified atom stereocenters. The number of rotatable bonds is 4. The molecule has 2 atom stereocenters. The van der Waals surface area contributed by atoms with Gasteiger partial charge in [-0.2, -0.15) is 5.10 Å².